The molecule has 0 unspecified atom stereocenters. The summed E-state index contributed by atoms with van der Waals surface area (Å²) in [5.41, 5.74) is 1.44. The molecule has 4 nitrogen and oxygen atoms in total. The van der Waals surface area contributed by atoms with E-state index in [1.165, 1.54) is 7.11 Å². The van der Waals surface area contributed by atoms with Crippen LogP contribution in [0.2, 0.25) is 0 Å². The lowest BCUT2D eigenvalue weighted by atomic mass is 10.0. The highest BCUT2D eigenvalue weighted by atomic mass is 79.9. The van der Waals surface area contributed by atoms with Gasteiger partial charge in [-0.3, -0.25) is 4.79 Å². The number of benzene rings is 3. The van der Waals surface area contributed by atoms with E-state index in [0.29, 0.717) is 12.0 Å². The van der Waals surface area contributed by atoms with E-state index in [0.717, 1.165) is 20.8 Å². The molecule has 1 atom stereocenters. The van der Waals surface area contributed by atoms with Gasteiger partial charge >= 0.3 is 5.97 Å². The maximum absolute atomic E-state index is 12.6. The molecule has 0 spiro atoms. The van der Waals surface area contributed by atoms with Crippen LogP contribution < -0.4 is 5.32 Å². The van der Waals surface area contributed by atoms with Crippen molar-refractivity contribution >= 4 is 38.6 Å². The third-order valence-electron chi connectivity index (χ3n) is 4.16. The zero-order valence-corrected chi connectivity index (χ0v) is 15.8. The number of esters is 1. The summed E-state index contributed by atoms with van der Waals surface area (Å²) in [6, 6.07) is 20.1. The first-order valence-electron chi connectivity index (χ1n) is 8.19. The van der Waals surface area contributed by atoms with Gasteiger partial charge in [-0.15, -0.1) is 0 Å². The van der Waals surface area contributed by atoms with Crippen LogP contribution in [0.1, 0.15) is 15.9 Å². The van der Waals surface area contributed by atoms with Gasteiger partial charge in [-0.05, 0) is 40.6 Å². The van der Waals surface area contributed by atoms with Crippen molar-refractivity contribution in [2.24, 2.45) is 0 Å². The SMILES string of the molecule is COC(=O)[C@@H](Cc1ccc(Br)cc1)NC(=O)c1ccc2ccccc2c1. The standard InChI is InChI=1S/C21H18BrNO3/c1-26-21(25)19(12-14-6-10-18(22)11-7-14)23-20(24)17-9-8-15-4-2-3-5-16(15)13-17/h2-11,13,19H,12H2,1H3,(H,23,24)/t19-/m1/s1. The van der Waals surface area contributed by atoms with Gasteiger partial charge in [-0.25, -0.2) is 4.79 Å². The minimum Gasteiger partial charge on any atom is -0.467 e. The number of halogens is 1. The molecule has 132 valence electrons. The molecule has 0 heterocycles. The first-order chi connectivity index (χ1) is 12.6. The Balaban J connectivity index is 1.79. The molecule has 0 aliphatic rings. The van der Waals surface area contributed by atoms with Gasteiger partial charge < -0.3 is 10.1 Å². The maximum Gasteiger partial charge on any atom is 0.328 e. The van der Waals surface area contributed by atoms with Crippen molar-refractivity contribution in [2.75, 3.05) is 7.11 Å². The third-order valence-corrected chi connectivity index (χ3v) is 4.68. The summed E-state index contributed by atoms with van der Waals surface area (Å²) in [6.07, 6.45) is 0.360. The smallest absolute Gasteiger partial charge is 0.328 e. The molecule has 3 aromatic carbocycles. The van der Waals surface area contributed by atoms with Crippen LogP contribution >= 0.6 is 15.9 Å². The van der Waals surface area contributed by atoms with Gasteiger partial charge in [-0.1, -0.05) is 58.4 Å². The second-order valence-corrected chi connectivity index (χ2v) is 6.86. The van der Waals surface area contributed by atoms with Crippen molar-refractivity contribution in [3.63, 3.8) is 0 Å². The van der Waals surface area contributed by atoms with Crippen molar-refractivity contribution in [3.05, 3.63) is 82.3 Å². The molecule has 0 saturated carbocycles. The Hall–Kier alpha value is -2.66. The second kappa shape index (κ2) is 8.15. The monoisotopic (exact) mass is 411 g/mol. The maximum atomic E-state index is 12.6. The molecule has 1 amide bonds. The van der Waals surface area contributed by atoms with Crippen LogP contribution in [0, 0.1) is 0 Å². The van der Waals surface area contributed by atoms with E-state index < -0.39 is 12.0 Å². The molecule has 3 aromatic rings. The number of hydrogen-bond acceptors (Lipinski definition) is 3. The van der Waals surface area contributed by atoms with Crippen molar-refractivity contribution in [2.45, 2.75) is 12.5 Å². The van der Waals surface area contributed by atoms with Crippen LogP contribution in [0.5, 0.6) is 0 Å². The van der Waals surface area contributed by atoms with Crippen LogP contribution in [0.15, 0.2) is 71.2 Å². The fourth-order valence-electron chi connectivity index (χ4n) is 2.76. The number of carbonyl (C=O) groups is 2. The van der Waals surface area contributed by atoms with Gasteiger partial charge in [0, 0.05) is 16.5 Å². The molecule has 0 radical (unpaired) electrons. The van der Waals surface area contributed by atoms with Crippen LogP contribution in [0.25, 0.3) is 10.8 Å². The number of rotatable bonds is 5. The zero-order chi connectivity index (χ0) is 18.5. The molecule has 0 saturated heterocycles. The summed E-state index contributed by atoms with van der Waals surface area (Å²) in [5.74, 6) is -0.773. The predicted octanol–water partition coefficient (Wildman–Crippen LogP) is 4.12. The van der Waals surface area contributed by atoms with Crippen molar-refractivity contribution in [1.29, 1.82) is 0 Å². The Morgan fingerprint density at radius 2 is 1.69 bits per heavy atom. The van der Waals surface area contributed by atoms with Gasteiger partial charge in [0.2, 0.25) is 0 Å². The number of nitrogens with one attached hydrogen (secondary N) is 1. The molecule has 0 aromatic heterocycles. The van der Waals surface area contributed by atoms with Gasteiger partial charge in [0.1, 0.15) is 6.04 Å². The van der Waals surface area contributed by atoms with E-state index in [9.17, 15) is 9.59 Å². The molecule has 5 heteroatoms. The molecule has 26 heavy (non-hydrogen) atoms. The van der Waals surface area contributed by atoms with Gasteiger partial charge in [-0.2, -0.15) is 0 Å². The Labute approximate surface area is 160 Å². The summed E-state index contributed by atoms with van der Waals surface area (Å²) in [5, 5.41) is 4.82. The normalized spacial score (nSPS) is 11.8. The predicted molar refractivity (Wildman–Crippen MR) is 105 cm³/mol. The van der Waals surface area contributed by atoms with E-state index in [1.807, 2.05) is 60.7 Å². The number of ether oxygens (including phenoxy) is 1. The molecular weight excluding hydrogens is 394 g/mol. The lowest BCUT2D eigenvalue weighted by Gasteiger charge is -2.17. The Kier molecular flexibility index (Phi) is 5.68. The molecule has 0 fully saturated rings. The molecule has 0 aliphatic carbocycles. The van der Waals surface area contributed by atoms with Gasteiger partial charge in [0.25, 0.3) is 5.91 Å². The number of carbonyl (C=O) groups excluding carboxylic acids is 2. The molecule has 1 N–H and O–H groups in total. The van der Waals surface area contributed by atoms with Crippen molar-refractivity contribution < 1.29 is 14.3 Å². The van der Waals surface area contributed by atoms with Crippen LogP contribution in [0.3, 0.4) is 0 Å². The van der Waals surface area contributed by atoms with Crippen LogP contribution in [-0.2, 0) is 16.0 Å². The lowest BCUT2D eigenvalue weighted by Crippen LogP contribution is -2.43. The molecule has 3 rings (SSSR count). The summed E-state index contributed by atoms with van der Waals surface area (Å²) < 4.78 is 5.81. The van der Waals surface area contributed by atoms with Crippen LogP contribution in [-0.4, -0.2) is 25.0 Å². The number of fused-ring (bicyclic) bond motifs is 1. The summed E-state index contributed by atoms with van der Waals surface area (Å²) >= 11 is 3.38. The van der Waals surface area contributed by atoms with Crippen molar-refractivity contribution in [1.82, 2.24) is 5.32 Å². The van der Waals surface area contributed by atoms with Gasteiger partial charge in [0.15, 0.2) is 0 Å². The van der Waals surface area contributed by atoms with Crippen LogP contribution in [0.4, 0.5) is 0 Å². The highest BCUT2D eigenvalue weighted by Crippen LogP contribution is 2.16. The van der Waals surface area contributed by atoms with Gasteiger partial charge in [0.05, 0.1) is 7.11 Å². The molecule has 0 bridgehead atoms. The average molecular weight is 412 g/mol. The Morgan fingerprint density at radius 3 is 2.38 bits per heavy atom. The largest absolute Gasteiger partial charge is 0.467 e. The molecule has 0 aliphatic heterocycles. The average Bonchev–Trinajstić information content (AvgIpc) is 2.68. The third kappa shape index (κ3) is 4.29. The van der Waals surface area contributed by atoms with E-state index >= 15 is 0 Å². The summed E-state index contributed by atoms with van der Waals surface area (Å²) in [4.78, 5) is 24.8. The van der Waals surface area contributed by atoms with E-state index in [-0.39, 0.29) is 5.91 Å². The first kappa shape index (κ1) is 18.1. The first-order valence-corrected chi connectivity index (χ1v) is 8.98. The van der Waals surface area contributed by atoms with E-state index in [4.69, 9.17) is 4.74 Å². The summed E-state index contributed by atoms with van der Waals surface area (Å²) in [7, 11) is 1.32. The fourth-order valence-corrected chi connectivity index (χ4v) is 3.03. The fraction of sp³-hybridized carbons (Fsp3) is 0.143. The quantitative estimate of drug-likeness (QED) is 0.642. The highest BCUT2D eigenvalue weighted by Gasteiger charge is 2.22. The topological polar surface area (TPSA) is 55.4 Å². The number of methoxy groups -OCH3 is 1. The Morgan fingerprint density at radius 1 is 1.00 bits per heavy atom. The number of amides is 1. The number of hydrogen-bond donors (Lipinski definition) is 1. The van der Waals surface area contributed by atoms with Crippen molar-refractivity contribution in [3.8, 4) is 0 Å². The summed E-state index contributed by atoms with van der Waals surface area (Å²) in [6.45, 7) is 0. The van der Waals surface area contributed by atoms with E-state index in [1.54, 1.807) is 6.07 Å². The van der Waals surface area contributed by atoms with E-state index in [2.05, 4.69) is 21.2 Å². The second-order valence-electron chi connectivity index (χ2n) is 5.94. The highest BCUT2D eigenvalue weighted by molar-refractivity contribution is 9.10. The molecular formula is C21H18BrNO3. The minimum absolute atomic E-state index is 0.303. The lowest BCUT2D eigenvalue weighted by molar-refractivity contribution is -0.142. The Bertz CT molecular complexity index is 937. The zero-order valence-electron chi connectivity index (χ0n) is 14.2. The minimum atomic E-state index is -0.750.